The minimum atomic E-state index is -0.906. The van der Waals surface area contributed by atoms with Gasteiger partial charge in [-0.05, 0) is 12.8 Å². The van der Waals surface area contributed by atoms with Crippen molar-refractivity contribution < 1.29 is 14.5 Å². The standard InChI is InChI=1S/C19H22N6O4/c1-9(2)8-29-18(26)13-10(3)22-17-15(16(20)23-19(21)24-17)14(13)11-6-4-5-7-12(11)25(27)28/h4-7,9,13-14H,8H2,1-3H3,(H4,20,21,23,24). The molecule has 2 heterocycles. The number of rotatable bonds is 5. The van der Waals surface area contributed by atoms with E-state index in [9.17, 15) is 14.9 Å². The Labute approximate surface area is 167 Å². The predicted octanol–water partition coefficient (Wildman–Crippen LogP) is 2.60. The number of anilines is 2. The summed E-state index contributed by atoms with van der Waals surface area (Å²) in [7, 11) is 0. The lowest BCUT2D eigenvalue weighted by molar-refractivity contribution is -0.385. The van der Waals surface area contributed by atoms with E-state index in [2.05, 4.69) is 15.0 Å². The molecule has 10 heteroatoms. The van der Waals surface area contributed by atoms with E-state index in [4.69, 9.17) is 16.2 Å². The second kappa shape index (κ2) is 7.82. The number of nitro benzene ring substituents is 1. The van der Waals surface area contributed by atoms with Crippen molar-refractivity contribution in [1.29, 1.82) is 0 Å². The first-order valence-corrected chi connectivity index (χ1v) is 9.08. The fourth-order valence-corrected chi connectivity index (χ4v) is 3.42. The quantitative estimate of drug-likeness (QED) is 0.441. The highest BCUT2D eigenvalue weighted by molar-refractivity contribution is 6.05. The fraction of sp³-hybridized carbons (Fsp3) is 0.368. The Morgan fingerprint density at radius 3 is 2.62 bits per heavy atom. The summed E-state index contributed by atoms with van der Waals surface area (Å²) in [6.07, 6.45) is 0. The van der Waals surface area contributed by atoms with Gasteiger partial charge in [0.05, 0.1) is 11.5 Å². The Morgan fingerprint density at radius 1 is 1.28 bits per heavy atom. The second-order valence-electron chi connectivity index (χ2n) is 7.25. The average Bonchev–Trinajstić information content (AvgIpc) is 2.64. The number of hydrogen-bond acceptors (Lipinski definition) is 9. The van der Waals surface area contributed by atoms with E-state index in [0.29, 0.717) is 16.8 Å². The molecule has 4 N–H and O–H groups in total. The maximum Gasteiger partial charge on any atom is 0.315 e. The molecule has 0 saturated carbocycles. The number of esters is 1. The summed E-state index contributed by atoms with van der Waals surface area (Å²) in [5, 5.41) is 11.7. The smallest absolute Gasteiger partial charge is 0.315 e. The van der Waals surface area contributed by atoms with Crippen molar-refractivity contribution in [2.24, 2.45) is 16.8 Å². The van der Waals surface area contributed by atoms with Gasteiger partial charge in [0, 0.05) is 28.8 Å². The zero-order chi connectivity index (χ0) is 21.3. The summed E-state index contributed by atoms with van der Waals surface area (Å²) >= 11 is 0. The first-order chi connectivity index (χ1) is 13.7. The van der Waals surface area contributed by atoms with Crippen LogP contribution in [0, 0.1) is 22.0 Å². The molecule has 0 bridgehead atoms. The van der Waals surface area contributed by atoms with Crippen molar-refractivity contribution in [2.75, 3.05) is 18.1 Å². The van der Waals surface area contributed by atoms with Crippen LogP contribution in [-0.2, 0) is 9.53 Å². The van der Waals surface area contributed by atoms with Crippen LogP contribution in [0.4, 0.5) is 23.3 Å². The van der Waals surface area contributed by atoms with Crippen molar-refractivity contribution in [3.05, 3.63) is 45.5 Å². The molecular formula is C19H22N6O4. The third-order valence-electron chi connectivity index (χ3n) is 4.63. The number of aliphatic imine (C=N–C) groups is 1. The Morgan fingerprint density at radius 2 is 1.97 bits per heavy atom. The van der Waals surface area contributed by atoms with E-state index in [1.807, 2.05) is 13.8 Å². The fourth-order valence-electron chi connectivity index (χ4n) is 3.42. The number of nitrogen functional groups attached to an aromatic ring is 2. The lowest BCUT2D eigenvalue weighted by Gasteiger charge is -2.31. The monoisotopic (exact) mass is 398 g/mol. The number of carbonyl (C=O) groups is 1. The summed E-state index contributed by atoms with van der Waals surface area (Å²) in [5.41, 5.74) is 12.7. The number of nitrogens with zero attached hydrogens (tertiary/aromatic N) is 4. The summed E-state index contributed by atoms with van der Waals surface area (Å²) < 4.78 is 5.45. The summed E-state index contributed by atoms with van der Waals surface area (Å²) in [6.45, 7) is 5.70. The summed E-state index contributed by atoms with van der Waals surface area (Å²) in [4.78, 5) is 36.6. The van der Waals surface area contributed by atoms with Crippen LogP contribution >= 0.6 is 0 Å². The Balaban J connectivity index is 2.23. The second-order valence-corrected chi connectivity index (χ2v) is 7.25. The van der Waals surface area contributed by atoms with Gasteiger partial charge in [0.1, 0.15) is 11.7 Å². The molecule has 0 amide bonds. The molecule has 2 aromatic rings. The third kappa shape index (κ3) is 3.86. The topological polar surface area (TPSA) is 160 Å². The molecular weight excluding hydrogens is 376 g/mol. The van der Waals surface area contributed by atoms with E-state index >= 15 is 0 Å². The Hall–Kier alpha value is -3.56. The van der Waals surface area contributed by atoms with Gasteiger partial charge in [-0.3, -0.25) is 14.9 Å². The highest BCUT2D eigenvalue weighted by atomic mass is 16.6. The maximum absolute atomic E-state index is 13.0. The number of carbonyl (C=O) groups excluding carboxylic acids is 1. The average molecular weight is 398 g/mol. The lowest BCUT2D eigenvalue weighted by atomic mass is 9.76. The van der Waals surface area contributed by atoms with Crippen LogP contribution in [0.15, 0.2) is 29.3 Å². The molecule has 2 atom stereocenters. The maximum atomic E-state index is 13.0. The van der Waals surface area contributed by atoms with E-state index in [-0.39, 0.29) is 35.8 Å². The summed E-state index contributed by atoms with van der Waals surface area (Å²) in [6, 6.07) is 6.18. The minimum absolute atomic E-state index is 0.0218. The Bertz CT molecular complexity index is 1000. The van der Waals surface area contributed by atoms with E-state index in [1.165, 1.54) is 6.07 Å². The van der Waals surface area contributed by atoms with Crippen LogP contribution in [0.5, 0.6) is 0 Å². The number of hydrogen-bond donors (Lipinski definition) is 2. The highest BCUT2D eigenvalue weighted by Gasteiger charge is 2.43. The molecule has 0 aliphatic carbocycles. The van der Waals surface area contributed by atoms with Crippen LogP contribution < -0.4 is 11.5 Å². The van der Waals surface area contributed by atoms with Gasteiger partial charge in [0.15, 0.2) is 5.82 Å². The van der Waals surface area contributed by atoms with E-state index < -0.39 is 22.7 Å². The van der Waals surface area contributed by atoms with Crippen LogP contribution in [0.25, 0.3) is 0 Å². The first kappa shape index (κ1) is 20.2. The van der Waals surface area contributed by atoms with Crippen LogP contribution in [0.3, 0.4) is 0 Å². The number of nitro groups is 1. The van der Waals surface area contributed by atoms with Gasteiger partial charge < -0.3 is 16.2 Å². The lowest BCUT2D eigenvalue weighted by Crippen LogP contribution is -2.35. The number of nitrogens with two attached hydrogens (primary N) is 2. The number of benzene rings is 1. The third-order valence-corrected chi connectivity index (χ3v) is 4.63. The highest BCUT2D eigenvalue weighted by Crippen LogP contribution is 2.46. The van der Waals surface area contributed by atoms with Crippen molar-refractivity contribution in [3.63, 3.8) is 0 Å². The van der Waals surface area contributed by atoms with Crippen molar-refractivity contribution in [1.82, 2.24) is 9.97 Å². The number of fused-ring (bicyclic) bond motifs is 1. The first-order valence-electron chi connectivity index (χ1n) is 9.08. The SMILES string of the molecule is CC1=Nc2nc(N)nc(N)c2C(c2ccccc2[N+](=O)[O-])C1C(=O)OCC(C)C. The van der Waals surface area contributed by atoms with Crippen molar-refractivity contribution >= 4 is 35.0 Å². The molecule has 3 rings (SSSR count). The van der Waals surface area contributed by atoms with Crippen LogP contribution in [0.2, 0.25) is 0 Å². The molecule has 10 nitrogen and oxygen atoms in total. The molecule has 0 radical (unpaired) electrons. The molecule has 1 aromatic carbocycles. The molecule has 2 unspecified atom stereocenters. The zero-order valence-corrected chi connectivity index (χ0v) is 16.3. The van der Waals surface area contributed by atoms with Gasteiger partial charge in [-0.25, -0.2) is 4.99 Å². The minimum Gasteiger partial charge on any atom is -0.465 e. The largest absolute Gasteiger partial charge is 0.465 e. The van der Waals surface area contributed by atoms with Crippen LogP contribution in [-0.4, -0.2) is 33.2 Å². The molecule has 29 heavy (non-hydrogen) atoms. The summed E-state index contributed by atoms with van der Waals surface area (Å²) in [5.74, 6) is -1.99. The zero-order valence-electron chi connectivity index (χ0n) is 16.3. The van der Waals surface area contributed by atoms with Gasteiger partial charge >= 0.3 is 5.97 Å². The van der Waals surface area contributed by atoms with Crippen molar-refractivity contribution in [2.45, 2.75) is 26.7 Å². The van der Waals surface area contributed by atoms with Gasteiger partial charge in [0.2, 0.25) is 5.95 Å². The number of ether oxygens (including phenoxy) is 1. The van der Waals surface area contributed by atoms with Gasteiger partial charge in [0.25, 0.3) is 5.69 Å². The molecule has 0 saturated heterocycles. The van der Waals surface area contributed by atoms with E-state index in [1.54, 1.807) is 25.1 Å². The molecule has 0 fully saturated rings. The normalized spacial score (nSPS) is 18.1. The molecule has 1 aromatic heterocycles. The number of aromatic nitrogens is 2. The molecule has 1 aliphatic rings. The van der Waals surface area contributed by atoms with Gasteiger partial charge in [-0.2, -0.15) is 9.97 Å². The Kier molecular flexibility index (Phi) is 5.44. The molecule has 1 aliphatic heterocycles. The van der Waals surface area contributed by atoms with Gasteiger partial charge in [-0.15, -0.1) is 0 Å². The number of para-hydroxylation sites is 1. The van der Waals surface area contributed by atoms with Crippen LogP contribution in [0.1, 0.15) is 37.8 Å². The predicted molar refractivity (Wildman–Crippen MR) is 108 cm³/mol. The van der Waals surface area contributed by atoms with E-state index in [0.717, 1.165) is 0 Å². The molecule has 152 valence electrons. The van der Waals surface area contributed by atoms with Crippen molar-refractivity contribution in [3.8, 4) is 0 Å². The molecule has 0 spiro atoms. The van der Waals surface area contributed by atoms with Gasteiger partial charge in [-0.1, -0.05) is 32.0 Å².